The van der Waals surface area contributed by atoms with Gasteiger partial charge in [0.25, 0.3) is 5.91 Å². The molecule has 1 aliphatic heterocycles. The summed E-state index contributed by atoms with van der Waals surface area (Å²) in [5.74, 6) is 8.03. The van der Waals surface area contributed by atoms with Crippen molar-refractivity contribution in [2.75, 3.05) is 18.6 Å². The van der Waals surface area contributed by atoms with Crippen LogP contribution in [-0.2, 0) is 6.54 Å². The molecule has 1 atom stereocenters. The molecule has 1 fully saturated rings. The Morgan fingerprint density at radius 1 is 1.52 bits per heavy atom. The van der Waals surface area contributed by atoms with Crippen LogP contribution in [0.5, 0.6) is 0 Å². The van der Waals surface area contributed by atoms with Crippen LogP contribution in [0.1, 0.15) is 22.5 Å². The summed E-state index contributed by atoms with van der Waals surface area (Å²) in [5, 5.41) is 0.810. The van der Waals surface area contributed by atoms with E-state index in [1.54, 1.807) is 0 Å². The molecule has 0 radical (unpaired) electrons. The van der Waals surface area contributed by atoms with Crippen LogP contribution in [-0.4, -0.2) is 35.4 Å². The van der Waals surface area contributed by atoms with Gasteiger partial charge in [-0.25, -0.2) is 5.84 Å². The first kappa shape index (κ1) is 14.4. The molecule has 3 rings (SSSR count). The van der Waals surface area contributed by atoms with Crippen LogP contribution in [0.3, 0.4) is 0 Å². The van der Waals surface area contributed by atoms with Crippen molar-refractivity contribution in [2.45, 2.75) is 19.0 Å². The molecule has 2 aromatic rings. The number of fused-ring (bicyclic) bond motifs is 1. The van der Waals surface area contributed by atoms with Gasteiger partial charge in [-0.05, 0) is 25.3 Å². The van der Waals surface area contributed by atoms with Gasteiger partial charge in [0.05, 0.1) is 12.1 Å². The monoisotopic (exact) mass is 305 g/mol. The summed E-state index contributed by atoms with van der Waals surface area (Å²) >= 11 is 1.97. The Kier molecular flexibility index (Phi) is 4.19. The SMILES string of the molecule is CN(Cc1oc2ccccc2c1C(=O)NN)C1CCSC1. The van der Waals surface area contributed by atoms with Crippen LogP contribution in [0.25, 0.3) is 11.0 Å². The molecule has 5 nitrogen and oxygen atoms in total. The molecule has 0 spiro atoms. The van der Waals surface area contributed by atoms with Crippen LogP contribution < -0.4 is 11.3 Å². The fourth-order valence-electron chi connectivity index (χ4n) is 2.75. The second-order valence-electron chi connectivity index (χ2n) is 5.30. The molecule has 0 aliphatic carbocycles. The van der Waals surface area contributed by atoms with Gasteiger partial charge in [-0.3, -0.25) is 15.1 Å². The highest BCUT2D eigenvalue weighted by molar-refractivity contribution is 7.99. The third-order valence-electron chi connectivity index (χ3n) is 3.95. The van der Waals surface area contributed by atoms with Crippen LogP contribution in [0.4, 0.5) is 0 Å². The third-order valence-corrected chi connectivity index (χ3v) is 5.09. The third kappa shape index (κ3) is 2.79. The van der Waals surface area contributed by atoms with Crippen molar-refractivity contribution in [3.8, 4) is 0 Å². The maximum absolute atomic E-state index is 12.1. The maximum atomic E-state index is 12.1. The van der Waals surface area contributed by atoms with E-state index in [1.807, 2.05) is 36.0 Å². The number of amides is 1. The minimum absolute atomic E-state index is 0.302. The van der Waals surface area contributed by atoms with Gasteiger partial charge < -0.3 is 4.42 Å². The van der Waals surface area contributed by atoms with Gasteiger partial charge in [0.15, 0.2) is 0 Å². The van der Waals surface area contributed by atoms with Crippen molar-refractivity contribution in [1.29, 1.82) is 0 Å². The fraction of sp³-hybridized carbons (Fsp3) is 0.400. The summed E-state index contributed by atoms with van der Waals surface area (Å²) < 4.78 is 5.89. The first-order valence-corrected chi connectivity index (χ1v) is 8.15. The van der Waals surface area contributed by atoms with E-state index in [0.29, 0.717) is 23.9 Å². The van der Waals surface area contributed by atoms with Crippen LogP contribution >= 0.6 is 11.8 Å². The summed E-state index contributed by atoms with van der Waals surface area (Å²) in [6.45, 7) is 0.614. The van der Waals surface area contributed by atoms with Crippen molar-refractivity contribution < 1.29 is 9.21 Å². The number of nitrogens with two attached hydrogens (primary N) is 1. The number of hydrogen-bond acceptors (Lipinski definition) is 5. The number of para-hydroxylation sites is 1. The zero-order valence-electron chi connectivity index (χ0n) is 12.0. The minimum Gasteiger partial charge on any atom is -0.459 e. The number of furan rings is 1. The maximum Gasteiger partial charge on any atom is 0.269 e. The molecule has 112 valence electrons. The van der Waals surface area contributed by atoms with E-state index in [2.05, 4.69) is 17.4 Å². The second-order valence-corrected chi connectivity index (χ2v) is 6.45. The highest BCUT2D eigenvalue weighted by Crippen LogP contribution is 2.28. The smallest absolute Gasteiger partial charge is 0.269 e. The Bertz CT molecular complexity index is 649. The van der Waals surface area contributed by atoms with E-state index in [9.17, 15) is 4.79 Å². The van der Waals surface area contributed by atoms with Crippen LogP contribution in [0, 0.1) is 0 Å². The van der Waals surface area contributed by atoms with Gasteiger partial charge in [-0.15, -0.1) is 0 Å². The number of carbonyl (C=O) groups is 1. The molecule has 6 heteroatoms. The number of thioether (sulfide) groups is 1. The van der Waals surface area contributed by atoms with Crippen molar-refractivity contribution >= 4 is 28.6 Å². The van der Waals surface area contributed by atoms with Crippen molar-refractivity contribution in [1.82, 2.24) is 10.3 Å². The highest BCUT2D eigenvalue weighted by atomic mass is 32.2. The molecule has 1 amide bonds. The second kappa shape index (κ2) is 6.09. The quantitative estimate of drug-likeness (QED) is 0.513. The van der Waals surface area contributed by atoms with Crippen molar-refractivity contribution in [2.24, 2.45) is 5.84 Å². The predicted molar refractivity (Wildman–Crippen MR) is 85.1 cm³/mol. The van der Waals surface area contributed by atoms with E-state index >= 15 is 0 Å². The lowest BCUT2D eigenvalue weighted by Crippen LogP contribution is -2.33. The van der Waals surface area contributed by atoms with Crippen LogP contribution in [0.2, 0.25) is 0 Å². The zero-order valence-corrected chi connectivity index (χ0v) is 12.8. The normalized spacial score (nSPS) is 18.5. The summed E-state index contributed by atoms with van der Waals surface area (Å²) in [6, 6.07) is 8.09. The summed E-state index contributed by atoms with van der Waals surface area (Å²) in [7, 11) is 2.08. The van der Waals surface area contributed by atoms with Crippen molar-refractivity contribution in [3.63, 3.8) is 0 Å². The van der Waals surface area contributed by atoms with E-state index in [0.717, 1.165) is 16.7 Å². The van der Waals surface area contributed by atoms with Gasteiger partial charge in [0.2, 0.25) is 0 Å². The number of rotatable bonds is 4. The largest absolute Gasteiger partial charge is 0.459 e. The number of nitrogens with one attached hydrogen (secondary N) is 1. The number of hydrazine groups is 1. The lowest BCUT2D eigenvalue weighted by molar-refractivity contribution is 0.0951. The molecule has 21 heavy (non-hydrogen) atoms. The lowest BCUT2D eigenvalue weighted by Gasteiger charge is -2.22. The Morgan fingerprint density at radius 2 is 2.33 bits per heavy atom. The molecule has 0 saturated carbocycles. The highest BCUT2D eigenvalue weighted by Gasteiger charge is 2.25. The average Bonchev–Trinajstić information content (AvgIpc) is 3.13. The van der Waals surface area contributed by atoms with Crippen LogP contribution in [0.15, 0.2) is 28.7 Å². The lowest BCUT2D eigenvalue weighted by atomic mass is 10.1. The number of benzene rings is 1. The Labute approximate surface area is 127 Å². The Balaban J connectivity index is 1.94. The molecular weight excluding hydrogens is 286 g/mol. The molecular formula is C15H19N3O2S. The zero-order chi connectivity index (χ0) is 14.8. The molecule has 0 bridgehead atoms. The van der Waals surface area contributed by atoms with Gasteiger partial charge >= 0.3 is 0 Å². The molecule has 2 heterocycles. The summed E-state index contributed by atoms with van der Waals surface area (Å²) in [5.41, 5.74) is 3.49. The average molecular weight is 305 g/mol. The standard InChI is InChI=1S/C15H19N3O2S/c1-18(10-6-7-21-9-10)8-13-14(15(19)17-16)11-4-2-3-5-12(11)20-13/h2-5,10H,6-9,16H2,1H3,(H,17,19). The predicted octanol–water partition coefficient (Wildman–Crippen LogP) is 1.97. The summed E-state index contributed by atoms with van der Waals surface area (Å²) in [6.07, 6.45) is 1.18. The number of hydrogen-bond donors (Lipinski definition) is 2. The number of carbonyl (C=O) groups excluding carboxylic acids is 1. The molecule has 1 aromatic carbocycles. The van der Waals surface area contributed by atoms with Gasteiger partial charge in [-0.2, -0.15) is 11.8 Å². The Morgan fingerprint density at radius 3 is 3.05 bits per heavy atom. The molecule has 1 saturated heterocycles. The molecule has 3 N–H and O–H groups in total. The molecule has 1 aliphatic rings. The Hall–Kier alpha value is -1.50. The first-order chi connectivity index (χ1) is 10.2. The summed E-state index contributed by atoms with van der Waals surface area (Å²) in [4.78, 5) is 14.3. The van der Waals surface area contributed by atoms with Crippen molar-refractivity contribution in [3.05, 3.63) is 35.6 Å². The fourth-order valence-corrected chi connectivity index (χ4v) is 4.05. The minimum atomic E-state index is -0.302. The van der Waals surface area contributed by atoms with Gasteiger partial charge in [0, 0.05) is 17.2 Å². The molecule has 1 unspecified atom stereocenters. The van der Waals surface area contributed by atoms with E-state index in [1.165, 1.54) is 12.2 Å². The molecule has 1 aromatic heterocycles. The topological polar surface area (TPSA) is 71.5 Å². The number of nitrogen functional groups attached to an aromatic ring is 1. The van der Waals surface area contributed by atoms with E-state index in [4.69, 9.17) is 10.3 Å². The number of nitrogens with zero attached hydrogens (tertiary/aromatic N) is 1. The van der Waals surface area contributed by atoms with Gasteiger partial charge in [-0.1, -0.05) is 18.2 Å². The van der Waals surface area contributed by atoms with E-state index < -0.39 is 0 Å². The van der Waals surface area contributed by atoms with E-state index in [-0.39, 0.29) is 5.91 Å². The van der Waals surface area contributed by atoms with Gasteiger partial charge in [0.1, 0.15) is 11.3 Å². The first-order valence-electron chi connectivity index (χ1n) is 7.00.